The van der Waals surface area contributed by atoms with E-state index in [0.29, 0.717) is 19.6 Å². The first kappa shape index (κ1) is 20.7. The Morgan fingerprint density at radius 1 is 1.28 bits per heavy atom. The Bertz CT molecular complexity index is 842. The number of piperazine rings is 1. The van der Waals surface area contributed by atoms with Crippen LogP contribution in [0.1, 0.15) is 30.3 Å². The number of rotatable bonds is 6. The first-order valence-corrected chi connectivity index (χ1v) is 9.92. The van der Waals surface area contributed by atoms with Crippen LogP contribution < -0.4 is 15.0 Å². The van der Waals surface area contributed by atoms with Crippen LogP contribution in [0.5, 0.6) is 5.75 Å². The Kier molecular flexibility index (Phi) is 6.41. The van der Waals surface area contributed by atoms with Gasteiger partial charge in [0.25, 0.3) is 0 Å². The Hall–Kier alpha value is -3.03. The van der Waals surface area contributed by atoms with Crippen molar-refractivity contribution >= 4 is 17.6 Å². The number of H-pyrrole nitrogens is 1. The minimum absolute atomic E-state index is 0.0822. The van der Waals surface area contributed by atoms with Gasteiger partial charge in [0.15, 0.2) is 0 Å². The predicted octanol–water partition coefficient (Wildman–Crippen LogP) is 2.41. The zero-order valence-electron chi connectivity index (χ0n) is 17.5. The summed E-state index contributed by atoms with van der Waals surface area (Å²) in [5.41, 5.74) is 4.09. The van der Waals surface area contributed by atoms with Crippen LogP contribution in [-0.4, -0.2) is 59.8 Å². The van der Waals surface area contributed by atoms with E-state index in [1.54, 1.807) is 23.8 Å². The minimum atomic E-state index is -0.510. The van der Waals surface area contributed by atoms with Crippen LogP contribution >= 0.6 is 0 Å². The number of hydrogen-bond acceptors (Lipinski definition) is 4. The predicted molar refractivity (Wildman–Crippen MR) is 111 cm³/mol. The summed E-state index contributed by atoms with van der Waals surface area (Å²) < 4.78 is 5.17. The SMILES string of the molecule is COc1ccc(N2CCN(C(=O)NCCCc3c(C)n[nH]c3C)[C@H](C)C2=O)cc1. The summed E-state index contributed by atoms with van der Waals surface area (Å²) in [5, 5.41) is 10.1. The average Bonchev–Trinajstić information content (AvgIpc) is 3.05. The maximum absolute atomic E-state index is 12.8. The first-order valence-electron chi connectivity index (χ1n) is 9.92. The maximum Gasteiger partial charge on any atom is 0.318 e. The zero-order chi connectivity index (χ0) is 21.0. The fraction of sp³-hybridized carbons (Fsp3) is 0.476. The Morgan fingerprint density at radius 2 is 2.00 bits per heavy atom. The highest BCUT2D eigenvalue weighted by atomic mass is 16.5. The number of carbonyl (C=O) groups is 2. The third kappa shape index (κ3) is 4.52. The lowest BCUT2D eigenvalue weighted by Gasteiger charge is -2.39. The highest BCUT2D eigenvalue weighted by Gasteiger charge is 2.34. The molecule has 1 saturated heterocycles. The summed E-state index contributed by atoms with van der Waals surface area (Å²) in [5.74, 6) is 0.661. The van der Waals surface area contributed by atoms with Crippen LogP contribution in [0.4, 0.5) is 10.5 Å². The van der Waals surface area contributed by atoms with Gasteiger partial charge in [0.1, 0.15) is 11.8 Å². The van der Waals surface area contributed by atoms with Gasteiger partial charge >= 0.3 is 6.03 Å². The van der Waals surface area contributed by atoms with Crippen molar-refractivity contribution in [2.24, 2.45) is 0 Å². The fourth-order valence-electron chi connectivity index (χ4n) is 3.67. The van der Waals surface area contributed by atoms with Crippen LogP contribution in [-0.2, 0) is 11.2 Å². The topological polar surface area (TPSA) is 90.6 Å². The lowest BCUT2D eigenvalue weighted by molar-refractivity contribution is -0.124. The van der Waals surface area contributed by atoms with Crippen LogP contribution in [0.2, 0.25) is 0 Å². The third-order valence-corrected chi connectivity index (χ3v) is 5.46. The van der Waals surface area contributed by atoms with Crippen molar-refractivity contribution in [3.8, 4) is 5.75 Å². The standard InChI is InChI=1S/C21H29N5O3/c1-14-19(15(2)24-23-14)6-5-11-22-21(28)25-12-13-26(20(27)16(25)3)17-7-9-18(29-4)10-8-17/h7-10,16H,5-6,11-13H2,1-4H3,(H,22,28)(H,23,24)/t16-/m1/s1. The van der Waals surface area contributed by atoms with Gasteiger partial charge in [0, 0.05) is 31.0 Å². The van der Waals surface area contributed by atoms with Gasteiger partial charge in [-0.15, -0.1) is 0 Å². The van der Waals surface area contributed by atoms with Gasteiger partial charge < -0.3 is 19.9 Å². The van der Waals surface area contributed by atoms with Gasteiger partial charge in [-0.25, -0.2) is 4.79 Å². The molecule has 0 aliphatic carbocycles. The molecule has 1 aliphatic heterocycles. The summed E-state index contributed by atoms with van der Waals surface area (Å²) in [6.45, 7) is 7.27. The summed E-state index contributed by atoms with van der Waals surface area (Å²) >= 11 is 0. The molecule has 156 valence electrons. The fourth-order valence-corrected chi connectivity index (χ4v) is 3.67. The molecule has 1 aromatic heterocycles. The molecule has 1 aromatic carbocycles. The molecular formula is C21H29N5O3. The Morgan fingerprint density at radius 3 is 2.62 bits per heavy atom. The number of aromatic amines is 1. The maximum atomic E-state index is 12.8. The number of hydrogen-bond donors (Lipinski definition) is 2. The lowest BCUT2D eigenvalue weighted by Crippen LogP contribution is -2.59. The van der Waals surface area contributed by atoms with E-state index in [-0.39, 0.29) is 11.9 Å². The quantitative estimate of drug-likeness (QED) is 0.730. The highest BCUT2D eigenvalue weighted by molar-refractivity contribution is 6.00. The van der Waals surface area contributed by atoms with Crippen molar-refractivity contribution < 1.29 is 14.3 Å². The Balaban J connectivity index is 1.51. The van der Waals surface area contributed by atoms with E-state index in [0.717, 1.165) is 35.7 Å². The van der Waals surface area contributed by atoms with Crippen molar-refractivity contribution in [2.45, 2.75) is 39.7 Å². The van der Waals surface area contributed by atoms with Gasteiger partial charge in [-0.05, 0) is 63.4 Å². The van der Waals surface area contributed by atoms with Crippen LogP contribution in [0.3, 0.4) is 0 Å². The number of nitrogens with one attached hydrogen (secondary N) is 2. The molecule has 1 aliphatic rings. The molecular weight excluding hydrogens is 370 g/mol. The molecule has 0 radical (unpaired) electrons. The van der Waals surface area contributed by atoms with E-state index in [1.807, 2.05) is 38.1 Å². The lowest BCUT2D eigenvalue weighted by atomic mass is 10.1. The second kappa shape index (κ2) is 8.98. The van der Waals surface area contributed by atoms with Gasteiger partial charge in [0.05, 0.1) is 12.8 Å². The number of nitrogens with zero attached hydrogens (tertiary/aromatic N) is 3. The summed E-state index contributed by atoms with van der Waals surface area (Å²) in [6.07, 6.45) is 1.68. The van der Waals surface area contributed by atoms with E-state index < -0.39 is 6.04 Å². The highest BCUT2D eigenvalue weighted by Crippen LogP contribution is 2.23. The molecule has 8 nitrogen and oxygen atoms in total. The molecule has 8 heteroatoms. The smallest absolute Gasteiger partial charge is 0.318 e. The molecule has 1 atom stereocenters. The van der Waals surface area contributed by atoms with Crippen molar-refractivity contribution in [1.82, 2.24) is 20.4 Å². The molecule has 0 spiro atoms. The second-order valence-corrected chi connectivity index (χ2v) is 7.31. The molecule has 3 rings (SSSR count). The van der Waals surface area contributed by atoms with Crippen molar-refractivity contribution in [3.63, 3.8) is 0 Å². The molecule has 2 N–H and O–H groups in total. The molecule has 2 heterocycles. The monoisotopic (exact) mass is 399 g/mol. The molecule has 29 heavy (non-hydrogen) atoms. The second-order valence-electron chi connectivity index (χ2n) is 7.31. The van der Waals surface area contributed by atoms with Gasteiger partial charge in [0.2, 0.25) is 5.91 Å². The number of benzene rings is 1. The summed E-state index contributed by atoms with van der Waals surface area (Å²) in [6, 6.07) is 6.68. The number of carbonyl (C=O) groups excluding carboxylic acids is 2. The van der Waals surface area contributed by atoms with Crippen molar-refractivity contribution in [1.29, 1.82) is 0 Å². The van der Waals surface area contributed by atoms with Crippen molar-refractivity contribution in [2.75, 3.05) is 31.6 Å². The molecule has 0 saturated carbocycles. The number of anilines is 1. The molecule has 1 fully saturated rings. The van der Waals surface area contributed by atoms with Gasteiger partial charge in [-0.2, -0.15) is 5.10 Å². The Labute approximate surface area is 171 Å². The zero-order valence-corrected chi connectivity index (χ0v) is 17.5. The molecule has 0 bridgehead atoms. The van der Waals surface area contributed by atoms with E-state index >= 15 is 0 Å². The summed E-state index contributed by atoms with van der Waals surface area (Å²) in [4.78, 5) is 28.7. The molecule has 2 aromatic rings. The van der Waals surface area contributed by atoms with Crippen molar-refractivity contribution in [3.05, 3.63) is 41.2 Å². The normalized spacial score (nSPS) is 16.8. The van der Waals surface area contributed by atoms with Crippen LogP contribution in [0, 0.1) is 13.8 Å². The van der Waals surface area contributed by atoms with E-state index in [2.05, 4.69) is 15.5 Å². The summed E-state index contributed by atoms with van der Waals surface area (Å²) in [7, 11) is 1.61. The molecule has 0 unspecified atom stereocenters. The van der Waals surface area contributed by atoms with Gasteiger partial charge in [-0.3, -0.25) is 9.89 Å². The largest absolute Gasteiger partial charge is 0.497 e. The number of aromatic nitrogens is 2. The number of ether oxygens (including phenoxy) is 1. The average molecular weight is 399 g/mol. The number of aryl methyl sites for hydroxylation is 2. The molecule has 3 amide bonds. The third-order valence-electron chi connectivity index (χ3n) is 5.46. The van der Waals surface area contributed by atoms with E-state index in [4.69, 9.17) is 4.74 Å². The minimum Gasteiger partial charge on any atom is -0.497 e. The van der Waals surface area contributed by atoms with E-state index in [1.165, 1.54) is 5.56 Å². The van der Waals surface area contributed by atoms with Crippen LogP contribution in [0.15, 0.2) is 24.3 Å². The van der Waals surface area contributed by atoms with Crippen LogP contribution in [0.25, 0.3) is 0 Å². The van der Waals surface area contributed by atoms with Gasteiger partial charge in [-0.1, -0.05) is 0 Å². The number of amides is 3. The van der Waals surface area contributed by atoms with E-state index in [9.17, 15) is 9.59 Å². The number of methoxy groups -OCH3 is 1. The number of urea groups is 1. The first-order chi connectivity index (χ1) is 13.9.